The number of carbonyl (C=O) groups excluding carboxylic acids is 2. The zero-order valence-electron chi connectivity index (χ0n) is 19.9. The molecule has 2 aromatic carbocycles. The molecule has 0 radical (unpaired) electrons. The molecule has 0 saturated carbocycles. The molecule has 0 aromatic heterocycles. The third kappa shape index (κ3) is 6.47. The van der Waals surface area contributed by atoms with Crippen LogP contribution >= 0.6 is 0 Å². The van der Waals surface area contributed by atoms with Crippen LogP contribution in [0.4, 0.5) is 45.6 Å². The van der Waals surface area contributed by atoms with Crippen molar-refractivity contribution in [2.45, 2.75) is 45.3 Å². The number of halogens is 8. The van der Waals surface area contributed by atoms with Crippen molar-refractivity contribution < 1.29 is 49.4 Å². The predicted molar refractivity (Wildman–Crippen MR) is 121 cm³/mol. The molecule has 0 spiro atoms. The number of fused-ring (bicyclic) bond motifs is 1. The minimum Gasteiger partial charge on any atom is -0.449 e. The predicted octanol–water partition coefficient (Wildman–Crippen LogP) is 8.19. The lowest BCUT2D eigenvalue weighted by Crippen LogP contribution is -2.42. The van der Waals surface area contributed by atoms with E-state index in [0.29, 0.717) is 19.3 Å². The lowest BCUT2D eigenvalue weighted by molar-refractivity contribution is -0.137. The maximum absolute atomic E-state index is 13.4. The van der Waals surface area contributed by atoms with Gasteiger partial charge in [-0.25, -0.2) is 22.4 Å². The largest absolute Gasteiger partial charge is 0.449 e. The third-order valence-corrected chi connectivity index (χ3v) is 5.44. The molecule has 0 fully saturated rings. The van der Waals surface area contributed by atoms with E-state index in [4.69, 9.17) is 4.74 Å². The van der Waals surface area contributed by atoms with Crippen LogP contribution in [0.3, 0.4) is 0 Å². The van der Waals surface area contributed by atoms with E-state index in [1.165, 1.54) is 12.1 Å². The molecule has 4 nitrogen and oxygen atoms in total. The number of allylic oxidation sites excluding steroid dienone is 1. The monoisotopic (exact) mass is 537 g/mol. The third-order valence-electron chi connectivity index (χ3n) is 5.44. The van der Waals surface area contributed by atoms with Gasteiger partial charge < -0.3 is 4.74 Å². The second kappa shape index (κ2) is 12.2. The van der Waals surface area contributed by atoms with Crippen molar-refractivity contribution in [3.05, 3.63) is 70.3 Å². The van der Waals surface area contributed by atoms with E-state index < -0.39 is 59.2 Å². The molecule has 0 aliphatic carbocycles. The molecule has 0 bridgehead atoms. The standard InChI is InChI=1S/C24H20F7NO3.CH3F/c1-3-16-11-18(20(33)13-7-14(22(27)28)9-15(8-13)24(29,30)31)17-10-12(21(25)26)5-6-19(17)32(16)23(34)35-4-2;1-2/h5-11,16,21-22H,3-4H2,1-2H3;1H3. The summed E-state index contributed by atoms with van der Waals surface area (Å²) in [6.45, 7) is 3.22. The van der Waals surface area contributed by atoms with Gasteiger partial charge in [0.15, 0.2) is 5.78 Å². The maximum atomic E-state index is 13.4. The van der Waals surface area contributed by atoms with Crippen LogP contribution in [0, 0.1) is 0 Å². The van der Waals surface area contributed by atoms with Gasteiger partial charge in [0, 0.05) is 27.8 Å². The number of nitrogens with zero attached hydrogens (tertiary/aromatic N) is 1. The summed E-state index contributed by atoms with van der Waals surface area (Å²) in [5.41, 5.74) is -4.05. The molecule has 2 aromatic rings. The summed E-state index contributed by atoms with van der Waals surface area (Å²) in [5.74, 6) is -1.08. The van der Waals surface area contributed by atoms with Crippen molar-refractivity contribution in [3.8, 4) is 0 Å². The van der Waals surface area contributed by atoms with Crippen LogP contribution in [-0.4, -0.2) is 31.7 Å². The number of Topliss-reactive ketones (excluding diaryl/α,β-unsaturated/α-hetero) is 1. The Morgan fingerprint density at radius 3 is 2.08 bits per heavy atom. The second-order valence-electron chi connectivity index (χ2n) is 7.67. The lowest BCUT2D eigenvalue weighted by atomic mass is 9.87. The van der Waals surface area contributed by atoms with Gasteiger partial charge in [0.2, 0.25) is 0 Å². The van der Waals surface area contributed by atoms with Gasteiger partial charge in [-0.1, -0.05) is 13.0 Å². The Bertz CT molecular complexity index is 1160. The van der Waals surface area contributed by atoms with Crippen LogP contribution in [0.25, 0.3) is 5.57 Å². The van der Waals surface area contributed by atoms with Gasteiger partial charge in [-0.2, -0.15) is 13.2 Å². The molecule has 1 amide bonds. The first-order valence-corrected chi connectivity index (χ1v) is 10.9. The van der Waals surface area contributed by atoms with E-state index in [-0.39, 0.29) is 35.9 Å². The summed E-state index contributed by atoms with van der Waals surface area (Å²) >= 11 is 0. The maximum Gasteiger partial charge on any atom is 0.416 e. The van der Waals surface area contributed by atoms with E-state index in [9.17, 15) is 44.7 Å². The zero-order valence-corrected chi connectivity index (χ0v) is 19.9. The molecule has 1 aliphatic rings. The fourth-order valence-corrected chi connectivity index (χ4v) is 3.80. The molecular weight excluding hydrogens is 514 g/mol. The number of carbonyl (C=O) groups is 2. The van der Waals surface area contributed by atoms with Crippen molar-refractivity contribution in [1.82, 2.24) is 0 Å². The smallest absolute Gasteiger partial charge is 0.416 e. The van der Waals surface area contributed by atoms with Crippen molar-refractivity contribution in [1.29, 1.82) is 0 Å². The van der Waals surface area contributed by atoms with Gasteiger partial charge in [-0.15, -0.1) is 0 Å². The normalized spacial score (nSPS) is 15.1. The highest BCUT2D eigenvalue weighted by Crippen LogP contribution is 2.40. The number of ether oxygens (including phenoxy) is 1. The van der Waals surface area contributed by atoms with E-state index in [1.807, 2.05) is 0 Å². The van der Waals surface area contributed by atoms with E-state index >= 15 is 0 Å². The van der Waals surface area contributed by atoms with Gasteiger partial charge in [0.05, 0.1) is 31.1 Å². The van der Waals surface area contributed by atoms with Gasteiger partial charge >= 0.3 is 12.3 Å². The van der Waals surface area contributed by atoms with Gasteiger partial charge in [-0.3, -0.25) is 14.1 Å². The van der Waals surface area contributed by atoms with Crippen LogP contribution in [0.2, 0.25) is 0 Å². The SMILES string of the molecule is CCOC(=O)N1c2ccc(C(F)F)cc2C(C(=O)c2cc(C(F)F)cc(C(F)(F)F)c2)=CC1CC.CF. The average Bonchev–Trinajstić information content (AvgIpc) is 2.87. The first-order valence-electron chi connectivity index (χ1n) is 10.9. The number of ketones is 1. The molecule has 1 unspecified atom stereocenters. The number of alkyl halides is 8. The van der Waals surface area contributed by atoms with Crippen molar-refractivity contribution in [2.75, 3.05) is 18.7 Å². The van der Waals surface area contributed by atoms with Crippen molar-refractivity contribution >= 4 is 23.1 Å². The minimum absolute atomic E-state index is 0.00631. The Kier molecular flexibility index (Phi) is 9.82. The molecule has 3 rings (SSSR count). The van der Waals surface area contributed by atoms with E-state index in [2.05, 4.69) is 0 Å². The molecule has 202 valence electrons. The number of hydrogen-bond donors (Lipinski definition) is 0. The summed E-state index contributed by atoms with van der Waals surface area (Å²) in [4.78, 5) is 27.1. The minimum atomic E-state index is -5.01. The Morgan fingerprint density at radius 1 is 0.946 bits per heavy atom. The van der Waals surface area contributed by atoms with E-state index in [0.717, 1.165) is 17.0 Å². The summed E-state index contributed by atoms with van der Waals surface area (Å²) in [6, 6.07) is 3.70. The molecule has 1 atom stereocenters. The molecule has 1 aliphatic heterocycles. The van der Waals surface area contributed by atoms with Crippen LogP contribution in [0.15, 0.2) is 42.5 Å². The van der Waals surface area contributed by atoms with Crippen LogP contribution in [0.1, 0.15) is 65.7 Å². The summed E-state index contributed by atoms with van der Waals surface area (Å²) < 4.78 is 108. The van der Waals surface area contributed by atoms with Gasteiger partial charge in [0.25, 0.3) is 12.9 Å². The molecule has 37 heavy (non-hydrogen) atoms. The first-order chi connectivity index (χ1) is 17.4. The molecule has 0 saturated heterocycles. The Labute approximate surface area is 207 Å². The average molecular weight is 537 g/mol. The fraction of sp³-hybridized carbons (Fsp3) is 0.360. The summed E-state index contributed by atoms with van der Waals surface area (Å²) in [5, 5.41) is 0. The number of anilines is 1. The second-order valence-corrected chi connectivity index (χ2v) is 7.67. The Morgan fingerprint density at radius 2 is 1.57 bits per heavy atom. The van der Waals surface area contributed by atoms with Gasteiger partial charge in [0.1, 0.15) is 0 Å². The molecule has 12 heteroatoms. The highest BCUT2D eigenvalue weighted by molar-refractivity contribution is 6.31. The van der Waals surface area contributed by atoms with Crippen LogP contribution in [0.5, 0.6) is 0 Å². The highest BCUT2D eigenvalue weighted by Gasteiger charge is 2.36. The Hall–Kier alpha value is -3.44. The van der Waals surface area contributed by atoms with E-state index in [1.54, 1.807) is 13.8 Å². The highest BCUT2D eigenvalue weighted by atomic mass is 19.4. The lowest BCUT2D eigenvalue weighted by Gasteiger charge is -2.35. The number of rotatable bonds is 6. The molecule has 0 N–H and O–H groups in total. The number of benzene rings is 2. The molecular formula is C25H23F8NO3. The number of amides is 1. The Balaban J connectivity index is 0.00000235. The van der Waals surface area contributed by atoms with Crippen LogP contribution in [-0.2, 0) is 10.9 Å². The quantitative estimate of drug-likeness (QED) is 0.276. The van der Waals surface area contributed by atoms with Crippen molar-refractivity contribution in [2.24, 2.45) is 0 Å². The number of hydrogen-bond acceptors (Lipinski definition) is 3. The zero-order chi connectivity index (χ0) is 28.1. The fourth-order valence-electron chi connectivity index (χ4n) is 3.80. The summed E-state index contributed by atoms with van der Waals surface area (Å²) in [7, 11) is 0.500. The van der Waals surface area contributed by atoms with Gasteiger partial charge in [-0.05, 0) is 49.8 Å². The topological polar surface area (TPSA) is 46.6 Å². The van der Waals surface area contributed by atoms with Crippen molar-refractivity contribution in [3.63, 3.8) is 0 Å². The first kappa shape index (κ1) is 29.8. The molecule has 1 heterocycles. The summed E-state index contributed by atoms with van der Waals surface area (Å²) in [6.07, 6.45) is -10.6. The van der Waals surface area contributed by atoms with Crippen LogP contribution < -0.4 is 4.90 Å².